The van der Waals surface area contributed by atoms with Crippen LogP contribution in [0.15, 0.2) is 42.7 Å². The highest BCUT2D eigenvalue weighted by Gasteiger charge is 2.11. The van der Waals surface area contributed by atoms with Crippen LogP contribution in [0.25, 0.3) is 0 Å². The topological polar surface area (TPSA) is 75.1 Å². The minimum atomic E-state index is -0.889. The Morgan fingerprint density at radius 3 is 2.63 bits per heavy atom. The molecule has 2 N–H and O–H groups in total. The standard InChI is InChI=1S/C13H12FN3O2/c14-11-3-1-9(2-4-11)12(18)8-15-13(19)10-5-6-16-17-7-10/h1-7,12,18H,8H2,(H,15,19). The zero-order valence-corrected chi connectivity index (χ0v) is 9.95. The first-order valence-electron chi connectivity index (χ1n) is 5.65. The van der Waals surface area contributed by atoms with Gasteiger partial charge < -0.3 is 10.4 Å². The molecule has 2 aromatic rings. The lowest BCUT2D eigenvalue weighted by Gasteiger charge is -2.12. The normalized spacial score (nSPS) is 11.9. The molecule has 1 aromatic carbocycles. The molecule has 2 rings (SSSR count). The molecule has 0 radical (unpaired) electrons. The number of aliphatic hydroxyl groups excluding tert-OH is 1. The molecule has 1 unspecified atom stereocenters. The number of rotatable bonds is 4. The molecule has 0 saturated heterocycles. The number of carbonyl (C=O) groups is 1. The summed E-state index contributed by atoms with van der Waals surface area (Å²) in [5.41, 5.74) is 0.899. The van der Waals surface area contributed by atoms with Crippen molar-refractivity contribution in [2.75, 3.05) is 6.54 Å². The van der Waals surface area contributed by atoms with Crippen LogP contribution in [0.2, 0.25) is 0 Å². The van der Waals surface area contributed by atoms with Gasteiger partial charge in [0.25, 0.3) is 5.91 Å². The highest BCUT2D eigenvalue weighted by Crippen LogP contribution is 2.12. The number of hydrogen-bond acceptors (Lipinski definition) is 4. The summed E-state index contributed by atoms with van der Waals surface area (Å²) in [5, 5.41) is 19.6. The zero-order chi connectivity index (χ0) is 13.7. The SMILES string of the molecule is O=C(NCC(O)c1ccc(F)cc1)c1ccnnc1. The Bertz CT molecular complexity index is 546. The Hall–Kier alpha value is -2.34. The lowest BCUT2D eigenvalue weighted by atomic mass is 10.1. The summed E-state index contributed by atoms with van der Waals surface area (Å²) in [5.74, 6) is -0.723. The molecule has 0 bridgehead atoms. The fourth-order valence-electron chi connectivity index (χ4n) is 1.52. The molecule has 0 aliphatic rings. The summed E-state index contributed by atoms with van der Waals surface area (Å²) in [6, 6.07) is 6.98. The second-order valence-electron chi connectivity index (χ2n) is 3.91. The molecule has 5 nitrogen and oxygen atoms in total. The van der Waals surface area contributed by atoms with Crippen LogP contribution in [0.1, 0.15) is 22.0 Å². The number of nitrogens with zero attached hydrogens (tertiary/aromatic N) is 2. The molecular formula is C13H12FN3O2. The van der Waals surface area contributed by atoms with Gasteiger partial charge in [-0.3, -0.25) is 4.79 Å². The third kappa shape index (κ3) is 3.56. The summed E-state index contributed by atoms with van der Waals surface area (Å²) in [7, 11) is 0. The number of nitrogens with one attached hydrogen (secondary N) is 1. The van der Waals surface area contributed by atoms with Crippen LogP contribution < -0.4 is 5.32 Å². The van der Waals surface area contributed by atoms with Crippen LogP contribution in [0.3, 0.4) is 0 Å². The molecule has 0 spiro atoms. The van der Waals surface area contributed by atoms with E-state index in [9.17, 15) is 14.3 Å². The molecule has 1 atom stereocenters. The van der Waals surface area contributed by atoms with Crippen molar-refractivity contribution in [2.45, 2.75) is 6.10 Å². The summed E-state index contributed by atoms with van der Waals surface area (Å²) >= 11 is 0. The molecule has 0 aliphatic heterocycles. The van der Waals surface area contributed by atoms with Crippen molar-refractivity contribution < 1.29 is 14.3 Å². The molecule has 0 fully saturated rings. The minimum absolute atomic E-state index is 0.0345. The Labute approximate surface area is 109 Å². The predicted molar refractivity (Wildman–Crippen MR) is 65.7 cm³/mol. The average Bonchev–Trinajstić information content (AvgIpc) is 2.46. The minimum Gasteiger partial charge on any atom is -0.387 e. The molecule has 19 heavy (non-hydrogen) atoms. The van der Waals surface area contributed by atoms with Crippen LogP contribution in [0, 0.1) is 5.82 Å². The maximum atomic E-state index is 12.7. The number of halogens is 1. The van der Waals surface area contributed by atoms with E-state index < -0.39 is 6.10 Å². The number of aromatic nitrogens is 2. The summed E-state index contributed by atoms with van der Waals surface area (Å²) in [6.45, 7) is 0.0345. The average molecular weight is 261 g/mol. The first-order valence-corrected chi connectivity index (χ1v) is 5.65. The van der Waals surface area contributed by atoms with E-state index in [2.05, 4.69) is 15.5 Å². The van der Waals surface area contributed by atoms with Crippen molar-refractivity contribution >= 4 is 5.91 Å². The molecular weight excluding hydrogens is 249 g/mol. The van der Waals surface area contributed by atoms with Crippen LogP contribution >= 0.6 is 0 Å². The van der Waals surface area contributed by atoms with Gasteiger partial charge in [0, 0.05) is 6.54 Å². The third-order valence-corrected chi connectivity index (χ3v) is 2.56. The summed E-state index contributed by atoms with van der Waals surface area (Å²) in [6.07, 6.45) is 1.85. The highest BCUT2D eigenvalue weighted by atomic mass is 19.1. The fourth-order valence-corrected chi connectivity index (χ4v) is 1.52. The summed E-state index contributed by atoms with van der Waals surface area (Å²) < 4.78 is 12.7. The van der Waals surface area contributed by atoms with E-state index in [1.165, 1.54) is 42.7 Å². The van der Waals surface area contributed by atoms with E-state index in [1.54, 1.807) is 0 Å². The first-order chi connectivity index (χ1) is 9.16. The smallest absolute Gasteiger partial charge is 0.253 e. The second kappa shape index (κ2) is 6.01. The van der Waals surface area contributed by atoms with Crippen LogP contribution in [0.5, 0.6) is 0 Å². The molecule has 0 aliphatic carbocycles. The molecule has 0 saturated carbocycles. The fraction of sp³-hybridized carbons (Fsp3) is 0.154. The molecule has 1 aromatic heterocycles. The second-order valence-corrected chi connectivity index (χ2v) is 3.91. The van der Waals surface area contributed by atoms with Gasteiger partial charge in [0.1, 0.15) is 5.82 Å². The lowest BCUT2D eigenvalue weighted by molar-refractivity contribution is 0.0915. The van der Waals surface area contributed by atoms with Gasteiger partial charge in [-0.2, -0.15) is 10.2 Å². The Kier molecular flexibility index (Phi) is 4.15. The van der Waals surface area contributed by atoms with Gasteiger partial charge >= 0.3 is 0 Å². The van der Waals surface area contributed by atoms with Gasteiger partial charge in [0.15, 0.2) is 0 Å². The van der Waals surface area contributed by atoms with Gasteiger partial charge in [-0.25, -0.2) is 4.39 Å². The van der Waals surface area contributed by atoms with Gasteiger partial charge in [0.2, 0.25) is 0 Å². The van der Waals surface area contributed by atoms with Crippen LogP contribution in [-0.4, -0.2) is 27.8 Å². The van der Waals surface area contributed by atoms with Crippen LogP contribution in [0.4, 0.5) is 4.39 Å². The van der Waals surface area contributed by atoms with Crippen molar-refractivity contribution in [3.63, 3.8) is 0 Å². The Balaban J connectivity index is 1.92. The molecule has 6 heteroatoms. The largest absolute Gasteiger partial charge is 0.387 e. The quantitative estimate of drug-likeness (QED) is 0.863. The number of amides is 1. The molecule has 98 valence electrons. The first kappa shape index (κ1) is 13.1. The van der Waals surface area contributed by atoms with Crippen molar-refractivity contribution in [2.24, 2.45) is 0 Å². The third-order valence-electron chi connectivity index (χ3n) is 2.56. The van der Waals surface area contributed by atoms with E-state index in [0.29, 0.717) is 11.1 Å². The number of aliphatic hydroxyl groups is 1. The van der Waals surface area contributed by atoms with E-state index in [4.69, 9.17) is 0 Å². The lowest BCUT2D eigenvalue weighted by Crippen LogP contribution is -2.28. The summed E-state index contributed by atoms with van der Waals surface area (Å²) in [4.78, 5) is 11.7. The highest BCUT2D eigenvalue weighted by molar-refractivity contribution is 5.93. The van der Waals surface area contributed by atoms with Gasteiger partial charge in [-0.05, 0) is 23.8 Å². The number of carbonyl (C=O) groups excluding carboxylic acids is 1. The van der Waals surface area contributed by atoms with Crippen molar-refractivity contribution in [1.82, 2.24) is 15.5 Å². The van der Waals surface area contributed by atoms with Gasteiger partial charge in [0.05, 0.1) is 24.1 Å². The number of benzene rings is 1. The van der Waals surface area contributed by atoms with Gasteiger partial charge in [-0.15, -0.1) is 0 Å². The van der Waals surface area contributed by atoms with E-state index in [1.807, 2.05) is 0 Å². The van der Waals surface area contributed by atoms with E-state index in [0.717, 1.165) is 0 Å². The van der Waals surface area contributed by atoms with E-state index >= 15 is 0 Å². The van der Waals surface area contributed by atoms with Crippen LogP contribution in [-0.2, 0) is 0 Å². The van der Waals surface area contributed by atoms with Crippen molar-refractivity contribution in [3.05, 3.63) is 59.7 Å². The maximum absolute atomic E-state index is 12.7. The maximum Gasteiger partial charge on any atom is 0.253 e. The number of hydrogen-bond donors (Lipinski definition) is 2. The Morgan fingerprint density at radius 1 is 1.26 bits per heavy atom. The molecule has 1 amide bonds. The predicted octanol–water partition coefficient (Wildman–Crippen LogP) is 1.08. The Morgan fingerprint density at radius 2 is 2.00 bits per heavy atom. The monoisotopic (exact) mass is 261 g/mol. The zero-order valence-electron chi connectivity index (χ0n) is 9.95. The van der Waals surface area contributed by atoms with E-state index in [-0.39, 0.29) is 18.3 Å². The van der Waals surface area contributed by atoms with Crippen molar-refractivity contribution in [1.29, 1.82) is 0 Å². The van der Waals surface area contributed by atoms with Crippen molar-refractivity contribution in [3.8, 4) is 0 Å². The molecule has 1 heterocycles. The van der Waals surface area contributed by atoms with Gasteiger partial charge in [-0.1, -0.05) is 12.1 Å².